The molecule has 0 unspecified atom stereocenters. The number of hydrogen-bond donors (Lipinski definition) is 1. The van der Waals surface area contributed by atoms with Crippen LogP contribution in [0.4, 0.5) is 0 Å². The molecule has 0 amide bonds. The SMILES string of the molecule is CN(C)Cc1ccc(S(=O)(=O)N2CCNCC2)cc1.Cl. The number of piperazine rings is 1. The van der Waals surface area contributed by atoms with Crippen molar-refractivity contribution in [1.29, 1.82) is 0 Å². The van der Waals surface area contributed by atoms with Crippen LogP contribution in [0.5, 0.6) is 0 Å². The number of benzene rings is 1. The van der Waals surface area contributed by atoms with E-state index in [1.165, 1.54) is 0 Å². The van der Waals surface area contributed by atoms with E-state index >= 15 is 0 Å². The van der Waals surface area contributed by atoms with Crippen LogP contribution in [-0.4, -0.2) is 57.9 Å². The highest BCUT2D eigenvalue weighted by Gasteiger charge is 2.25. The Labute approximate surface area is 127 Å². The molecule has 0 atom stereocenters. The van der Waals surface area contributed by atoms with Gasteiger partial charge in [0.25, 0.3) is 0 Å². The van der Waals surface area contributed by atoms with Crippen molar-refractivity contribution in [2.75, 3.05) is 40.3 Å². The van der Waals surface area contributed by atoms with Crippen LogP contribution in [0, 0.1) is 0 Å². The minimum Gasteiger partial charge on any atom is -0.314 e. The molecule has 2 rings (SSSR count). The highest BCUT2D eigenvalue weighted by Crippen LogP contribution is 2.17. The van der Waals surface area contributed by atoms with Crippen molar-refractivity contribution in [2.24, 2.45) is 0 Å². The Hall–Kier alpha value is -0.660. The maximum Gasteiger partial charge on any atom is 0.243 e. The third-order valence-electron chi connectivity index (χ3n) is 3.14. The van der Waals surface area contributed by atoms with Gasteiger partial charge < -0.3 is 10.2 Å². The number of nitrogens with one attached hydrogen (secondary N) is 1. The van der Waals surface area contributed by atoms with Gasteiger partial charge >= 0.3 is 0 Å². The van der Waals surface area contributed by atoms with Crippen molar-refractivity contribution in [3.63, 3.8) is 0 Å². The van der Waals surface area contributed by atoms with Gasteiger partial charge in [0.1, 0.15) is 0 Å². The third kappa shape index (κ3) is 4.17. The summed E-state index contributed by atoms with van der Waals surface area (Å²) < 4.78 is 26.4. The number of sulfonamides is 1. The van der Waals surface area contributed by atoms with Crippen LogP contribution in [0.15, 0.2) is 29.2 Å². The van der Waals surface area contributed by atoms with Gasteiger partial charge in [0.15, 0.2) is 0 Å². The molecule has 0 spiro atoms. The molecule has 1 aromatic rings. The van der Waals surface area contributed by atoms with E-state index in [1.54, 1.807) is 16.4 Å². The summed E-state index contributed by atoms with van der Waals surface area (Å²) in [6, 6.07) is 7.18. The molecule has 0 bridgehead atoms. The molecule has 20 heavy (non-hydrogen) atoms. The van der Waals surface area contributed by atoms with E-state index in [0.29, 0.717) is 18.0 Å². The van der Waals surface area contributed by atoms with Crippen LogP contribution in [-0.2, 0) is 16.6 Å². The topological polar surface area (TPSA) is 52.7 Å². The van der Waals surface area contributed by atoms with E-state index in [-0.39, 0.29) is 12.4 Å². The molecule has 0 saturated carbocycles. The van der Waals surface area contributed by atoms with Crippen molar-refractivity contribution < 1.29 is 8.42 Å². The molecule has 1 aliphatic heterocycles. The molecule has 1 fully saturated rings. The second-order valence-corrected chi connectivity index (χ2v) is 6.97. The highest BCUT2D eigenvalue weighted by atomic mass is 35.5. The van der Waals surface area contributed by atoms with Crippen LogP contribution in [0.2, 0.25) is 0 Å². The summed E-state index contributed by atoms with van der Waals surface area (Å²) in [7, 11) is 0.655. The van der Waals surface area contributed by atoms with Gasteiger partial charge in [-0.1, -0.05) is 12.1 Å². The Kier molecular flexibility index (Phi) is 6.42. The Bertz CT molecular complexity index is 511. The first-order valence-corrected chi connectivity index (χ1v) is 7.89. The van der Waals surface area contributed by atoms with E-state index < -0.39 is 10.0 Å². The summed E-state index contributed by atoms with van der Waals surface area (Å²) in [6.45, 7) is 3.34. The second-order valence-electron chi connectivity index (χ2n) is 5.04. The summed E-state index contributed by atoms with van der Waals surface area (Å²) in [5.74, 6) is 0. The maximum absolute atomic E-state index is 12.4. The van der Waals surface area contributed by atoms with Crippen molar-refractivity contribution in [3.8, 4) is 0 Å². The zero-order valence-electron chi connectivity index (χ0n) is 11.9. The Morgan fingerprint density at radius 3 is 2.20 bits per heavy atom. The molecule has 0 aromatic heterocycles. The summed E-state index contributed by atoms with van der Waals surface area (Å²) in [6.07, 6.45) is 0. The van der Waals surface area contributed by atoms with E-state index in [2.05, 4.69) is 10.2 Å². The lowest BCUT2D eigenvalue weighted by atomic mass is 10.2. The lowest BCUT2D eigenvalue weighted by Gasteiger charge is -2.26. The highest BCUT2D eigenvalue weighted by molar-refractivity contribution is 7.89. The van der Waals surface area contributed by atoms with Crippen molar-refractivity contribution in [3.05, 3.63) is 29.8 Å². The van der Waals surface area contributed by atoms with Gasteiger partial charge in [0.2, 0.25) is 10.0 Å². The van der Waals surface area contributed by atoms with E-state index in [9.17, 15) is 8.42 Å². The quantitative estimate of drug-likeness (QED) is 0.890. The molecule has 7 heteroatoms. The van der Waals surface area contributed by atoms with Gasteiger partial charge in [-0.25, -0.2) is 8.42 Å². The summed E-state index contributed by atoms with van der Waals surface area (Å²) in [5, 5.41) is 3.16. The molecular weight excluding hydrogens is 298 g/mol. The lowest BCUT2D eigenvalue weighted by Crippen LogP contribution is -2.46. The van der Waals surface area contributed by atoms with Crippen LogP contribution >= 0.6 is 12.4 Å². The number of nitrogens with zero attached hydrogens (tertiary/aromatic N) is 2. The summed E-state index contributed by atoms with van der Waals surface area (Å²) >= 11 is 0. The fourth-order valence-corrected chi connectivity index (χ4v) is 3.61. The summed E-state index contributed by atoms with van der Waals surface area (Å²) in [5.41, 5.74) is 1.12. The van der Waals surface area contributed by atoms with Gasteiger partial charge in [-0.05, 0) is 31.8 Å². The minimum atomic E-state index is -3.33. The first kappa shape index (κ1) is 17.4. The number of hydrogen-bond acceptors (Lipinski definition) is 4. The first-order valence-electron chi connectivity index (χ1n) is 6.45. The third-order valence-corrected chi connectivity index (χ3v) is 5.05. The molecular formula is C13H22ClN3O2S. The van der Waals surface area contributed by atoms with Gasteiger partial charge in [0, 0.05) is 32.7 Å². The maximum atomic E-state index is 12.4. The second kappa shape index (κ2) is 7.38. The molecule has 0 radical (unpaired) electrons. The van der Waals surface area contributed by atoms with Crippen molar-refractivity contribution in [2.45, 2.75) is 11.4 Å². The van der Waals surface area contributed by atoms with E-state index in [1.807, 2.05) is 26.2 Å². The van der Waals surface area contributed by atoms with Gasteiger partial charge in [-0.3, -0.25) is 0 Å². The fourth-order valence-electron chi connectivity index (χ4n) is 2.17. The normalized spacial score (nSPS) is 16.9. The molecule has 5 nitrogen and oxygen atoms in total. The van der Waals surface area contributed by atoms with Crippen LogP contribution in [0.1, 0.15) is 5.56 Å². The van der Waals surface area contributed by atoms with Crippen LogP contribution in [0.3, 0.4) is 0 Å². The summed E-state index contributed by atoms with van der Waals surface area (Å²) in [4.78, 5) is 2.44. The fraction of sp³-hybridized carbons (Fsp3) is 0.538. The molecule has 114 valence electrons. The lowest BCUT2D eigenvalue weighted by molar-refractivity contribution is 0.360. The minimum absolute atomic E-state index is 0. The van der Waals surface area contributed by atoms with E-state index in [4.69, 9.17) is 0 Å². The molecule has 1 heterocycles. The first-order chi connectivity index (χ1) is 9.00. The smallest absolute Gasteiger partial charge is 0.243 e. The zero-order valence-corrected chi connectivity index (χ0v) is 13.5. The molecule has 1 aromatic carbocycles. The average molecular weight is 320 g/mol. The van der Waals surface area contributed by atoms with Crippen molar-refractivity contribution >= 4 is 22.4 Å². The largest absolute Gasteiger partial charge is 0.314 e. The standard InChI is InChI=1S/C13H21N3O2S.ClH/c1-15(2)11-12-3-5-13(6-4-12)19(17,18)16-9-7-14-8-10-16;/h3-6,14H,7-11H2,1-2H3;1H. The molecule has 1 saturated heterocycles. The Balaban J connectivity index is 0.00000200. The van der Waals surface area contributed by atoms with Gasteiger partial charge in [0.05, 0.1) is 4.90 Å². The Morgan fingerprint density at radius 1 is 1.15 bits per heavy atom. The van der Waals surface area contributed by atoms with Gasteiger partial charge in [-0.15, -0.1) is 12.4 Å². The van der Waals surface area contributed by atoms with E-state index in [0.717, 1.165) is 25.2 Å². The predicted octanol–water partition coefficient (Wildman–Crippen LogP) is 0.764. The van der Waals surface area contributed by atoms with Crippen LogP contribution < -0.4 is 5.32 Å². The number of rotatable bonds is 4. The number of halogens is 1. The Morgan fingerprint density at radius 2 is 1.70 bits per heavy atom. The van der Waals surface area contributed by atoms with Crippen LogP contribution in [0.25, 0.3) is 0 Å². The van der Waals surface area contributed by atoms with Crippen molar-refractivity contribution in [1.82, 2.24) is 14.5 Å². The zero-order chi connectivity index (χ0) is 13.9. The molecule has 1 N–H and O–H groups in total. The van der Waals surface area contributed by atoms with Gasteiger partial charge in [-0.2, -0.15) is 4.31 Å². The molecule has 0 aliphatic carbocycles. The average Bonchev–Trinajstić information content (AvgIpc) is 2.40. The molecule has 1 aliphatic rings. The predicted molar refractivity (Wildman–Crippen MR) is 82.7 cm³/mol. The monoisotopic (exact) mass is 319 g/mol.